The van der Waals surface area contributed by atoms with E-state index in [1.165, 1.54) is 23.1 Å². The number of rotatable bonds is 7. The van der Waals surface area contributed by atoms with Crippen LogP contribution in [-0.4, -0.2) is 38.2 Å². The first-order valence-corrected chi connectivity index (χ1v) is 12.5. The van der Waals surface area contributed by atoms with E-state index in [1.54, 1.807) is 38.1 Å². The number of ether oxygens (including phenoxy) is 1. The lowest BCUT2D eigenvalue weighted by molar-refractivity contribution is -0.122. The molecule has 0 unspecified atom stereocenters. The third kappa shape index (κ3) is 4.14. The van der Waals surface area contributed by atoms with Gasteiger partial charge in [-0.15, -0.1) is 0 Å². The molecule has 9 heteroatoms. The molecule has 2 aromatic carbocycles. The van der Waals surface area contributed by atoms with Crippen LogP contribution in [0.3, 0.4) is 0 Å². The molecular weight excluding hydrogens is 452 g/mol. The highest BCUT2D eigenvalue weighted by Gasteiger charge is 2.48. The molecule has 0 saturated carbocycles. The summed E-state index contributed by atoms with van der Waals surface area (Å²) in [4.78, 5) is 27.9. The molecule has 2 aliphatic heterocycles. The predicted molar refractivity (Wildman–Crippen MR) is 120 cm³/mol. The standard InChI is InChI=1S/C24H25F2NO5S/c1-4-24(3)18-10-15(20(28)12-23(2)13-33(30,31)14-23)8-9-19(18)27(21(24)29)16-6-5-7-17(11-16)32-22(25)26/h5-11,22H,4,12-14H2,1-3H3/t24-/m1/s1. The van der Waals surface area contributed by atoms with Gasteiger partial charge in [0.05, 0.1) is 28.3 Å². The number of sulfone groups is 1. The molecule has 1 saturated heterocycles. The van der Waals surface area contributed by atoms with Crippen LogP contribution in [0.1, 0.15) is 49.5 Å². The van der Waals surface area contributed by atoms with E-state index in [1.807, 2.05) is 6.92 Å². The fourth-order valence-electron chi connectivity index (χ4n) is 4.83. The molecule has 0 aromatic heterocycles. The van der Waals surface area contributed by atoms with Crippen molar-refractivity contribution in [3.63, 3.8) is 0 Å². The van der Waals surface area contributed by atoms with Crippen LogP contribution in [0.25, 0.3) is 0 Å². The van der Waals surface area contributed by atoms with Crippen molar-refractivity contribution in [2.24, 2.45) is 5.41 Å². The molecule has 1 amide bonds. The molecule has 33 heavy (non-hydrogen) atoms. The summed E-state index contributed by atoms with van der Waals surface area (Å²) in [6.45, 7) is 2.47. The van der Waals surface area contributed by atoms with Crippen LogP contribution < -0.4 is 9.64 Å². The maximum absolute atomic E-state index is 13.5. The Hall–Kier alpha value is -2.81. The number of halogens is 2. The van der Waals surface area contributed by atoms with Gasteiger partial charge in [-0.2, -0.15) is 8.78 Å². The Morgan fingerprint density at radius 3 is 2.45 bits per heavy atom. The van der Waals surface area contributed by atoms with E-state index in [-0.39, 0.29) is 35.4 Å². The number of carbonyl (C=O) groups is 2. The maximum Gasteiger partial charge on any atom is 0.387 e. The van der Waals surface area contributed by atoms with Crippen molar-refractivity contribution in [2.75, 3.05) is 16.4 Å². The highest BCUT2D eigenvalue weighted by atomic mass is 32.2. The number of Topliss-reactive ketones (excluding diaryl/α,β-unsaturated/α-hetero) is 1. The quantitative estimate of drug-likeness (QED) is 0.543. The van der Waals surface area contributed by atoms with E-state index in [0.29, 0.717) is 28.9 Å². The third-order valence-electron chi connectivity index (χ3n) is 6.56. The van der Waals surface area contributed by atoms with Crippen LogP contribution in [0, 0.1) is 5.41 Å². The zero-order valence-corrected chi connectivity index (χ0v) is 19.4. The van der Waals surface area contributed by atoms with Gasteiger partial charge in [0.15, 0.2) is 15.6 Å². The highest BCUT2D eigenvalue weighted by Crippen LogP contribution is 2.48. The normalized spacial score (nSPS) is 22.7. The van der Waals surface area contributed by atoms with Crippen molar-refractivity contribution in [2.45, 2.75) is 45.6 Å². The zero-order valence-electron chi connectivity index (χ0n) is 18.6. The van der Waals surface area contributed by atoms with Gasteiger partial charge in [-0.3, -0.25) is 14.5 Å². The second kappa shape index (κ2) is 7.90. The minimum atomic E-state index is -3.07. The second-order valence-electron chi connectivity index (χ2n) is 9.38. The molecule has 1 fully saturated rings. The number of hydrogen-bond acceptors (Lipinski definition) is 5. The summed E-state index contributed by atoms with van der Waals surface area (Å²) in [6, 6.07) is 11.0. The zero-order chi connectivity index (χ0) is 24.2. The monoisotopic (exact) mass is 477 g/mol. The number of ketones is 1. The maximum atomic E-state index is 13.5. The van der Waals surface area contributed by atoms with Gasteiger partial charge in [0, 0.05) is 23.5 Å². The van der Waals surface area contributed by atoms with E-state index >= 15 is 0 Å². The SMILES string of the molecule is CC[C@@]1(C)C(=O)N(c2cccc(OC(F)F)c2)c2ccc(C(=O)CC3(C)CS(=O)(=O)C3)cc21. The van der Waals surface area contributed by atoms with E-state index < -0.39 is 27.3 Å². The Morgan fingerprint density at radius 1 is 1.15 bits per heavy atom. The van der Waals surface area contributed by atoms with Crippen molar-refractivity contribution in [3.8, 4) is 5.75 Å². The highest BCUT2D eigenvalue weighted by molar-refractivity contribution is 7.92. The number of carbonyl (C=O) groups excluding carboxylic acids is 2. The van der Waals surface area contributed by atoms with Gasteiger partial charge in [-0.25, -0.2) is 8.42 Å². The summed E-state index contributed by atoms with van der Waals surface area (Å²) in [5.41, 5.74) is 0.580. The fraction of sp³-hybridized carbons (Fsp3) is 0.417. The molecule has 1 atom stereocenters. The van der Waals surface area contributed by atoms with Crippen molar-refractivity contribution in [1.29, 1.82) is 0 Å². The summed E-state index contributed by atoms with van der Waals surface area (Å²) in [7, 11) is -3.07. The molecule has 0 N–H and O–H groups in total. The Morgan fingerprint density at radius 2 is 1.85 bits per heavy atom. The topological polar surface area (TPSA) is 80.8 Å². The number of hydrogen-bond donors (Lipinski definition) is 0. The van der Waals surface area contributed by atoms with Crippen LogP contribution in [-0.2, 0) is 20.0 Å². The second-order valence-corrected chi connectivity index (χ2v) is 11.4. The lowest BCUT2D eigenvalue weighted by atomic mass is 9.79. The minimum Gasteiger partial charge on any atom is -0.435 e. The molecule has 2 aliphatic rings. The largest absolute Gasteiger partial charge is 0.435 e. The molecular formula is C24H25F2NO5S. The number of amides is 1. The predicted octanol–water partition coefficient (Wildman–Crippen LogP) is 4.64. The molecule has 6 nitrogen and oxygen atoms in total. The molecule has 0 bridgehead atoms. The van der Waals surface area contributed by atoms with Crippen LogP contribution in [0.5, 0.6) is 5.75 Å². The van der Waals surface area contributed by atoms with Crippen LogP contribution in [0.15, 0.2) is 42.5 Å². The molecule has 0 spiro atoms. The van der Waals surface area contributed by atoms with Crippen molar-refractivity contribution in [3.05, 3.63) is 53.6 Å². The summed E-state index contributed by atoms with van der Waals surface area (Å²) in [6.07, 6.45) is 0.578. The first kappa shape index (κ1) is 23.4. The Balaban J connectivity index is 1.69. The van der Waals surface area contributed by atoms with Crippen LogP contribution >= 0.6 is 0 Å². The third-order valence-corrected chi connectivity index (χ3v) is 8.83. The van der Waals surface area contributed by atoms with Gasteiger partial charge in [-0.05, 0) is 49.2 Å². The van der Waals surface area contributed by atoms with E-state index in [4.69, 9.17) is 0 Å². The molecule has 0 radical (unpaired) electrons. The van der Waals surface area contributed by atoms with Gasteiger partial charge in [0.2, 0.25) is 5.91 Å². The smallest absolute Gasteiger partial charge is 0.387 e. The van der Waals surface area contributed by atoms with Gasteiger partial charge >= 0.3 is 6.61 Å². The van der Waals surface area contributed by atoms with E-state index in [9.17, 15) is 26.8 Å². The van der Waals surface area contributed by atoms with Gasteiger partial charge in [0.1, 0.15) is 5.75 Å². The Bertz CT molecular complexity index is 1230. The minimum absolute atomic E-state index is 0.00729. The van der Waals surface area contributed by atoms with E-state index in [2.05, 4.69) is 4.74 Å². The number of nitrogens with zero attached hydrogens (tertiary/aromatic N) is 1. The number of anilines is 2. The summed E-state index contributed by atoms with van der Waals surface area (Å²) < 4.78 is 53.0. The summed E-state index contributed by atoms with van der Waals surface area (Å²) >= 11 is 0. The summed E-state index contributed by atoms with van der Waals surface area (Å²) in [5.74, 6) is -0.473. The van der Waals surface area contributed by atoms with Gasteiger partial charge in [-0.1, -0.05) is 19.9 Å². The van der Waals surface area contributed by atoms with Gasteiger partial charge < -0.3 is 4.74 Å². The summed E-state index contributed by atoms with van der Waals surface area (Å²) in [5, 5.41) is 0. The van der Waals surface area contributed by atoms with Crippen molar-refractivity contribution in [1.82, 2.24) is 0 Å². The molecule has 2 aromatic rings. The molecule has 0 aliphatic carbocycles. The number of fused-ring (bicyclic) bond motifs is 1. The molecule has 176 valence electrons. The van der Waals surface area contributed by atoms with Crippen LogP contribution in [0.4, 0.5) is 20.2 Å². The lowest BCUT2D eigenvalue weighted by Crippen LogP contribution is -2.47. The Kier molecular flexibility index (Phi) is 5.59. The average Bonchev–Trinajstić information content (AvgIpc) is 2.93. The number of benzene rings is 2. The molecule has 2 heterocycles. The van der Waals surface area contributed by atoms with E-state index in [0.717, 1.165) is 0 Å². The first-order valence-electron chi connectivity index (χ1n) is 10.7. The van der Waals surface area contributed by atoms with Crippen LogP contribution in [0.2, 0.25) is 0 Å². The first-order chi connectivity index (χ1) is 15.4. The van der Waals surface area contributed by atoms with Gasteiger partial charge in [0.25, 0.3) is 0 Å². The van der Waals surface area contributed by atoms with Crippen molar-refractivity contribution < 1.29 is 31.5 Å². The fourth-order valence-corrected chi connectivity index (χ4v) is 7.07. The number of alkyl halides is 2. The lowest BCUT2D eigenvalue weighted by Gasteiger charge is -2.37. The van der Waals surface area contributed by atoms with Crippen molar-refractivity contribution >= 4 is 32.9 Å². The average molecular weight is 478 g/mol. The Labute approximate surface area is 191 Å². The molecule has 4 rings (SSSR count).